The molecule has 0 spiro atoms. The number of nitrogens with zero attached hydrogens (tertiary/aromatic N) is 1. The lowest BCUT2D eigenvalue weighted by Gasteiger charge is -1.83. The second-order valence-electron chi connectivity index (χ2n) is 1.54. The van der Waals surface area contributed by atoms with Crippen molar-refractivity contribution >= 4 is 0 Å². The Morgan fingerprint density at radius 3 is 3.25 bits per heavy atom. The summed E-state index contributed by atoms with van der Waals surface area (Å²) >= 11 is 0. The summed E-state index contributed by atoms with van der Waals surface area (Å²) in [5, 5.41) is 0. The van der Waals surface area contributed by atoms with E-state index in [-0.39, 0.29) is 0 Å². The largest absolute Gasteiger partial charge is 0.449 e. The third-order valence-corrected chi connectivity index (χ3v) is 0.862. The van der Waals surface area contributed by atoms with Crippen LogP contribution in [0.1, 0.15) is 12.8 Å². The van der Waals surface area contributed by atoms with Crippen LogP contribution in [0.25, 0.3) is 0 Å². The molecule has 8 heavy (non-hydrogen) atoms. The maximum absolute atomic E-state index is 4.93. The number of hydrogen-bond donors (Lipinski definition) is 0. The van der Waals surface area contributed by atoms with Crippen molar-refractivity contribution in [3.63, 3.8) is 0 Å². The maximum Gasteiger partial charge on any atom is 0.194 e. The molecule has 0 aliphatic rings. The Hall–Kier alpha value is -0.790. The van der Waals surface area contributed by atoms with Crippen LogP contribution in [0.15, 0.2) is 16.9 Å². The van der Waals surface area contributed by atoms with Crippen molar-refractivity contribution in [2.75, 3.05) is 0 Å². The lowest BCUT2D eigenvalue weighted by Crippen LogP contribution is -1.79. The van der Waals surface area contributed by atoms with Gasteiger partial charge in [-0.3, -0.25) is 0 Å². The molecular formula is C6H8NO. The summed E-state index contributed by atoms with van der Waals surface area (Å²) in [4.78, 5) is 3.91. The molecule has 0 aromatic carbocycles. The molecular weight excluding hydrogens is 102 g/mol. The summed E-state index contributed by atoms with van der Waals surface area (Å²) in [7, 11) is 0. The minimum absolute atomic E-state index is 0.785. The third kappa shape index (κ3) is 1.09. The van der Waals surface area contributed by atoms with Crippen molar-refractivity contribution in [2.24, 2.45) is 0 Å². The van der Waals surface area contributed by atoms with E-state index >= 15 is 0 Å². The van der Waals surface area contributed by atoms with Crippen molar-refractivity contribution in [2.45, 2.75) is 13.3 Å². The highest BCUT2D eigenvalue weighted by Crippen LogP contribution is 1.96. The van der Waals surface area contributed by atoms with Crippen LogP contribution in [-0.2, 0) is 6.42 Å². The molecule has 0 saturated heterocycles. The average molecular weight is 110 g/mol. The van der Waals surface area contributed by atoms with E-state index in [1.54, 1.807) is 12.5 Å². The maximum atomic E-state index is 4.93. The van der Waals surface area contributed by atoms with Gasteiger partial charge >= 0.3 is 0 Å². The number of hydrogen-bond acceptors (Lipinski definition) is 2. The Morgan fingerprint density at radius 1 is 1.88 bits per heavy atom. The van der Waals surface area contributed by atoms with Gasteiger partial charge < -0.3 is 4.42 Å². The first-order valence-electron chi connectivity index (χ1n) is 2.59. The van der Waals surface area contributed by atoms with Gasteiger partial charge in [-0.25, -0.2) is 4.98 Å². The third-order valence-electron chi connectivity index (χ3n) is 0.862. The Labute approximate surface area is 48.5 Å². The highest BCUT2D eigenvalue weighted by molar-refractivity contribution is 4.83. The first kappa shape index (κ1) is 5.35. The highest BCUT2D eigenvalue weighted by atomic mass is 16.3. The van der Waals surface area contributed by atoms with Gasteiger partial charge in [0, 0.05) is 6.42 Å². The van der Waals surface area contributed by atoms with Crippen molar-refractivity contribution in [3.05, 3.63) is 24.8 Å². The Balaban J connectivity index is 2.50. The summed E-state index contributed by atoms with van der Waals surface area (Å²) in [6.45, 7) is 1.98. The van der Waals surface area contributed by atoms with Gasteiger partial charge in [0.05, 0.1) is 6.20 Å². The fourth-order valence-electron chi connectivity index (χ4n) is 0.528. The van der Waals surface area contributed by atoms with E-state index in [1.165, 1.54) is 0 Å². The molecule has 0 atom stereocenters. The van der Waals surface area contributed by atoms with Gasteiger partial charge in [0.15, 0.2) is 5.89 Å². The predicted octanol–water partition coefficient (Wildman–Crippen LogP) is 1.44. The molecule has 0 amide bonds. The predicted molar refractivity (Wildman–Crippen MR) is 30.2 cm³/mol. The molecule has 1 rings (SSSR count). The van der Waals surface area contributed by atoms with E-state index in [9.17, 15) is 0 Å². The molecule has 1 aromatic heterocycles. The monoisotopic (exact) mass is 110 g/mol. The van der Waals surface area contributed by atoms with Gasteiger partial charge in [0.2, 0.25) is 0 Å². The number of rotatable bonds is 2. The van der Waals surface area contributed by atoms with Gasteiger partial charge in [-0.2, -0.15) is 0 Å². The molecule has 1 heterocycles. The number of aromatic nitrogens is 1. The van der Waals surface area contributed by atoms with Crippen LogP contribution < -0.4 is 0 Å². The molecule has 1 radical (unpaired) electrons. The van der Waals surface area contributed by atoms with Crippen molar-refractivity contribution in [3.8, 4) is 0 Å². The fourth-order valence-corrected chi connectivity index (χ4v) is 0.528. The van der Waals surface area contributed by atoms with Gasteiger partial charge in [-0.05, 0) is 6.42 Å². The van der Waals surface area contributed by atoms with Crippen molar-refractivity contribution in [1.82, 2.24) is 4.98 Å². The molecule has 43 valence electrons. The zero-order valence-electron chi connectivity index (χ0n) is 4.79. The van der Waals surface area contributed by atoms with Crippen molar-refractivity contribution in [1.29, 1.82) is 0 Å². The first-order valence-corrected chi connectivity index (χ1v) is 2.59. The average Bonchev–Trinajstić information content (AvgIpc) is 2.19. The smallest absolute Gasteiger partial charge is 0.194 e. The molecule has 2 nitrogen and oxygen atoms in total. The number of oxazole rings is 1. The second-order valence-corrected chi connectivity index (χ2v) is 1.54. The summed E-state index contributed by atoms with van der Waals surface area (Å²) in [5.74, 6) is 0.785. The van der Waals surface area contributed by atoms with Gasteiger partial charge in [0.1, 0.15) is 6.26 Å². The van der Waals surface area contributed by atoms with E-state index in [0.717, 1.165) is 12.3 Å². The van der Waals surface area contributed by atoms with Crippen LogP contribution in [0, 0.1) is 6.42 Å². The van der Waals surface area contributed by atoms with Crippen molar-refractivity contribution < 1.29 is 4.42 Å². The topological polar surface area (TPSA) is 26.0 Å². The Kier molecular flexibility index (Phi) is 1.67. The summed E-state index contributed by atoms with van der Waals surface area (Å²) < 4.78 is 4.93. The molecule has 2 heteroatoms. The van der Waals surface area contributed by atoms with Crippen LogP contribution in [0.5, 0.6) is 0 Å². The second kappa shape index (κ2) is 2.50. The standard InChI is InChI=1S/C6H8NO/c1-2-3-6-7-4-5-8-6/h2,4-5H,3H2,1H3. The normalized spacial score (nSPS) is 9.62. The Bertz CT molecular complexity index is 134. The lowest BCUT2D eigenvalue weighted by atomic mass is 10.3. The van der Waals surface area contributed by atoms with E-state index in [1.807, 2.05) is 13.3 Å². The highest BCUT2D eigenvalue weighted by Gasteiger charge is 1.90. The molecule has 0 saturated carbocycles. The van der Waals surface area contributed by atoms with Crippen LogP contribution in [-0.4, -0.2) is 4.98 Å². The SMILES string of the molecule is C[CH]Cc1ncco1. The molecule has 0 unspecified atom stereocenters. The molecule has 0 aliphatic heterocycles. The summed E-state index contributed by atoms with van der Waals surface area (Å²) in [5.41, 5.74) is 0. The molecule has 1 aromatic rings. The summed E-state index contributed by atoms with van der Waals surface area (Å²) in [6, 6.07) is 0. The summed E-state index contributed by atoms with van der Waals surface area (Å²) in [6.07, 6.45) is 6.07. The molecule has 0 fully saturated rings. The molecule has 0 bridgehead atoms. The van der Waals surface area contributed by atoms with Gasteiger partial charge in [-0.1, -0.05) is 6.92 Å². The van der Waals surface area contributed by atoms with Crippen LogP contribution in [0.2, 0.25) is 0 Å². The first-order chi connectivity index (χ1) is 3.93. The van der Waals surface area contributed by atoms with E-state index < -0.39 is 0 Å². The molecule has 0 N–H and O–H groups in total. The van der Waals surface area contributed by atoms with Crippen LogP contribution >= 0.6 is 0 Å². The lowest BCUT2D eigenvalue weighted by molar-refractivity contribution is 0.504. The zero-order valence-corrected chi connectivity index (χ0v) is 4.79. The van der Waals surface area contributed by atoms with Gasteiger partial charge in [-0.15, -0.1) is 0 Å². The zero-order chi connectivity index (χ0) is 5.82. The van der Waals surface area contributed by atoms with E-state index in [4.69, 9.17) is 4.42 Å². The Morgan fingerprint density at radius 2 is 2.75 bits per heavy atom. The van der Waals surface area contributed by atoms with Gasteiger partial charge in [0.25, 0.3) is 0 Å². The van der Waals surface area contributed by atoms with Crippen LogP contribution in [0.4, 0.5) is 0 Å². The van der Waals surface area contributed by atoms with E-state index in [2.05, 4.69) is 4.98 Å². The van der Waals surface area contributed by atoms with E-state index in [0.29, 0.717) is 0 Å². The minimum Gasteiger partial charge on any atom is -0.449 e. The quantitative estimate of drug-likeness (QED) is 0.575. The minimum atomic E-state index is 0.785. The fraction of sp³-hybridized carbons (Fsp3) is 0.333. The molecule has 0 aliphatic carbocycles. The van der Waals surface area contributed by atoms with Crippen LogP contribution in [0.3, 0.4) is 0 Å².